The van der Waals surface area contributed by atoms with Gasteiger partial charge in [-0.2, -0.15) is 0 Å². The Morgan fingerprint density at radius 1 is 1.14 bits per heavy atom. The number of rotatable bonds is 6. The van der Waals surface area contributed by atoms with E-state index in [0.29, 0.717) is 31.9 Å². The summed E-state index contributed by atoms with van der Waals surface area (Å²) < 4.78 is 12.6. The lowest BCUT2D eigenvalue weighted by molar-refractivity contribution is -0.138. The molecule has 9 heteroatoms. The van der Waals surface area contributed by atoms with E-state index in [1.165, 1.54) is 34.4 Å². The number of hydrogen-bond acceptors (Lipinski definition) is 8. The number of hydrogen-bond donors (Lipinski definition) is 1. The monoisotopic (exact) mass is 518 g/mol. The van der Waals surface area contributed by atoms with E-state index >= 15 is 0 Å². The average Bonchev–Trinajstić information content (AvgIpc) is 3.53. The summed E-state index contributed by atoms with van der Waals surface area (Å²) in [5.41, 5.74) is 1.68. The summed E-state index contributed by atoms with van der Waals surface area (Å²) in [4.78, 5) is 33.1. The van der Waals surface area contributed by atoms with Crippen LogP contribution in [0.25, 0.3) is 11.8 Å². The molecule has 2 aromatic carbocycles. The zero-order chi connectivity index (χ0) is 25.2. The molecule has 1 aliphatic rings. The third kappa shape index (κ3) is 4.16. The Hall–Kier alpha value is -3.95. The van der Waals surface area contributed by atoms with Crippen LogP contribution in [-0.4, -0.2) is 29.4 Å². The number of aromatic nitrogens is 1. The van der Waals surface area contributed by atoms with Crippen LogP contribution in [0, 0.1) is 0 Å². The van der Waals surface area contributed by atoms with E-state index in [1.807, 2.05) is 47.8 Å². The van der Waals surface area contributed by atoms with Gasteiger partial charge in [0.05, 0.1) is 29.5 Å². The molecule has 1 N–H and O–H groups in total. The van der Waals surface area contributed by atoms with Gasteiger partial charge in [0, 0.05) is 16.0 Å². The summed E-state index contributed by atoms with van der Waals surface area (Å²) in [6.07, 6.45) is 1.61. The fourth-order valence-electron chi connectivity index (χ4n) is 4.12. The normalized spacial score (nSPS) is 15.4. The highest BCUT2D eigenvalue weighted by molar-refractivity contribution is 7.10. The highest BCUT2D eigenvalue weighted by Crippen LogP contribution is 2.37. The largest absolute Gasteiger partial charge is 0.504 e. The summed E-state index contributed by atoms with van der Waals surface area (Å²) in [5.74, 6) is -0.264. The molecule has 2 aromatic heterocycles. The third-order valence-electron chi connectivity index (χ3n) is 5.72. The molecule has 3 heterocycles. The molecule has 0 fully saturated rings. The molecule has 1 atom stereocenters. The first-order chi connectivity index (χ1) is 17.5. The summed E-state index contributed by atoms with van der Waals surface area (Å²) >= 11 is 2.65. The van der Waals surface area contributed by atoms with Gasteiger partial charge in [-0.3, -0.25) is 9.36 Å². The number of carbonyl (C=O) groups is 1. The zero-order valence-corrected chi connectivity index (χ0v) is 21.1. The van der Waals surface area contributed by atoms with Gasteiger partial charge in [-0.1, -0.05) is 59.9 Å². The smallest absolute Gasteiger partial charge is 0.338 e. The molecule has 0 bridgehead atoms. The molecule has 0 spiro atoms. The number of aromatic hydroxyl groups is 1. The predicted octanol–water partition coefficient (Wildman–Crippen LogP) is 3.71. The van der Waals surface area contributed by atoms with E-state index in [2.05, 4.69) is 0 Å². The van der Waals surface area contributed by atoms with Crippen LogP contribution in [0.2, 0.25) is 0 Å². The molecule has 0 saturated heterocycles. The number of esters is 1. The molecule has 0 radical (unpaired) electrons. The van der Waals surface area contributed by atoms with Crippen molar-refractivity contribution >= 4 is 40.4 Å². The standard InChI is InChI=1S/C27H22N2O5S2/c1-3-34-26(32)21-22(16-9-5-4-6-10-16)28-27-29(23(21)19-13-8-14-35-19)25(31)20(36-27)15-17-11-7-12-18(33-2)24(17)30/h4-15,23,30H,3H2,1-2H3/b20-15-. The number of carbonyl (C=O) groups excluding carboxylic acids is 1. The molecule has 5 rings (SSSR count). The number of nitrogens with zero attached hydrogens (tertiary/aromatic N) is 2. The van der Waals surface area contributed by atoms with Crippen molar-refractivity contribution in [1.82, 2.24) is 4.57 Å². The van der Waals surface area contributed by atoms with Crippen molar-refractivity contribution in [2.45, 2.75) is 13.0 Å². The summed E-state index contributed by atoms with van der Waals surface area (Å²) in [7, 11) is 1.47. The second kappa shape index (κ2) is 9.96. The lowest BCUT2D eigenvalue weighted by Crippen LogP contribution is -2.39. The Morgan fingerprint density at radius 3 is 2.64 bits per heavy atom. The van der Waals surface area contributed by atoms with Crippen LogP contribution in [0.4, 0.5) is 0 Å². The summed E-state index contributed by atoms with van der Waals surface area (Å²) in [5, 5.41) is 12.5. The van der Waals surface area contributed by atoms with Gasteiger partial charge in [0.2, 0.25) is 0 Å². The van der Waals surface area contributed by atoms with Crippen LogP contribution in [0.3, 0.4) is 0 Å². The Bertz CT molecular complexity index is 1630. The molecule has 4 aromatic rings. The Kier molecular flexibility index (Phi) is 6.58. The summed E-state index contributed by atoms with van der Waals surface area (Å²) in [6, 6.07) is 17.6. The molecule has 0 saturated carbocycles. The second-order valence-electron chi connectivity index (χ2n) is 7.85. The minimum atomic E-state index is -0.698. The number of methoxy groups -OCH3 is 1. The minimum Gasteiger partial charge on any atom is -0.504 e. The number of thiophene rings is 1. The van der Waals surface area contributed by atoms with E-state index in [1.54, 1.807) is 31.2 Å². The van der Waals surface area contributed by atoms with Crippen LogP contribution in [0.15, 0.2) is 81.4 Å². The zero-order valence-electron chi connectivity index (χ0n) is 19.5. The van der Waals surface area contributed by atoms with Crippen molar-refractivity contribution in [2.24, 2.45) is 4.99 Å². The lowest BCUT2D eigenvalue weighted by Gasteiger charge is -2.24. The molecule has 7 nitrogen and oxygen atoms in total. The van der Waals surface area contributed by atoms with Crippen molar-refractivity contribution in [3.8, 4) is 11.5 Å². The average molecular weight is 519 g/mol. The van der Waals surface area contributed by atoms with Gasteiger partial charge in [-0.15, -0.1) is 11.3 Å². The minimum absolute atomic E-state index is 0.0576. The Balaban J connectivity index is 1.81. The number of fused-ring (bicyclic) bond motifs is 1. The van der Waals surface area contributed by atoms with Gasteiger partial charge in [-0.05, 0) is 30.5 Å². The first kappa shape index (κ1) is 23.8. The van der Waals surface area contributed by atoms with E-state index in [4.69, 9.17) is 14.5 Å². The van der Waals surface area contributed by atoms with Crippen LogP contribution in [0.5, 0.6) is 11.5 Å². The van der Waals surface area contributed by atoms with E-state index in [-0.39, 0.29) is 17.9 Å². The van der Waals surface area contributed by atoms with Crippen molar-refractivity contribution < 1.29 is 19.4 Å². The van der Waals surface area contributed by atoms with Gasteiger partial charge in [-0.25, -0.2) is 9.79 Å². The molecular formula is C27H22N2O5S2. The van der Waals surface area contributed by atoms with Crippen molar-refractivity contribution in [3.63, 3.8) is 0 Å². The fourth-order valence-corrected chi connectivity index (χ4v) is 5.93. The summed E-state index contributed by atoms with van der Waals surface area (Å²) in [6.45, 7) is 1.94. The van der Waals surface area contributed by atoms with Gasteiger partial charge < -0.3 is 14.6 Å². The molecule has 1 unspecified atom stereocenters. The highest BCUT2D eigenvalue weighted by Gasteiger charge is 2.35. The molecule has 36 heavy (non-hydrogen) atoms. The molecule has 1 aliphatic heterocycles. The number of ether oxygens (including phenoxy) is 2. The van der Waals surface area contributed by atoms with Crippen molar-refractivity contribution in [3.05, 3.63) is 107 Å². The lowest BCUT2D eigenvalue weighted by atomic mass is 9.97. The van der Waals surface area contributed by atoms with Crippen molar-refractivity contribution in [1.29, 1.82) is 0 Å². The fraction of sp³-hybridized carbons (Fsp3) is 0.148. The number of para-hydroxylation sites is 1. The van der Waals surface area contributed by atoms with Gasteiger partial charge in [0.25, 0.3) is 5.56 Å². The van der Waals surface area contributed by atoms with E-state index < -0.39 is 12.0 Å². The van der Waals surface area contributed by atoms with E-state index in [9.17, 15) is 14.7 Å². The first-order valence-electron chi connectivity index (χ1n) is 11.2. The van der Waals surface area contributed by atoms with Gasteiger partial charge in [0.15, 0.2) is 16.3 Å². The molecule has 0 aliphatic carbocycles. The maximum Gasteiger partial charge on any atom is 0.338 e. The molecular weight excluding hydrogens is 496 g/mol. The van der Waals surface area contributed by atoms with Crippen molar-refractivity contribution in [2.75, 3.05) is 13.7 Å². The topological polar surface area (TPSA) is 90.1 Å². The highest BCUT2D eigenvalue weighted by atomic mass is 32.1. The number of thiazole rings is 1. The van der Waals surface area contributed by atoms with Gasteiger partial charge in [0.1, 0.15) is 6.04 Å². The Morgan fingerprint density at radius 2 is 1.94 bits per heavy atom. The Labute approximate surface area is 214 Å². The van der Waals surface area contributed by atoms with Gasteiger partial charge >= 0.3 is 5.97 Å². The third-order valence-corrected chi connectivity index (χ3v) is 7.63. The quantitative estimate of drug-likeness (QED) is 0.393. The second-order valence-corrected chi connectivity index (χ2v) is 9.83. The number of phenolic OH excluding ortho intramolecular Hbond substituents is 1. The van der Waals surface area contributed by atoms with Crippen LogP contribution < -0.4 is 19.6 Å². The predicted molar refractivity (Wildman–Crippen MR) is 140 cm³/mol. The SMILES string of the molecule is CCOC(=O)C1=C(c2ccccc2)N=c2s/c(=C\c3cccc(OC)c3O)c(=O)n2C1c1cccs1. The number of phenols is 1. The van der Waals surface area contributed by atoms with Crippen LogP contribution in [-0.2, 0) is 9.53 Å². The molecule has 0 amide bonds. The van der Waals surface area contributed by atoms with Crippen LogP contribution >= 0.6 is 22.7 Å². The maximum absolute atomic E-state index is 13.8. The first-order valence-corrected chi connectivity index (χ1v) is 12.9. The van der Waals surface area contributed by atoms with E-state index in [0.717, 1.165) is 10.4 Å². The molecule has 182 valence electrons. The van der Waals surface area contributed by atoms with Crippen LogP contribution in [0.1, 0.15) is 29.0 Å². The maximum atomic E-state index is 13.8. The number of benzene rings is 2.